The third kappa shape index (κ3) is 3.83. The number of halogens is 1. The Morgan fingerprint density at radius 3 is 2.53 bits per heavy atom. The molecule has 1 heterocycles. The summed E-state index contributed by atoms with van der Waals surface area (Å²) in [5, 5.41) is 0. The molecule has 0 unspecified atom stereocenters. The lowest BCUT2D eigenvalue weighted by Gasteiger charge is -2.42. The van der Waals surface area contributed by atoms with Gasteiger partial charge in [-0.05, 0) is 32.1 Å². The normalized spacial score (nSPS) is 23.2. The van der Waals surface area contributed by atoms with E-state index < -0.39 is 0 Å². The Hall–Kier alpha value is -0.320. The molecule has 5 heteroatoms. The molecule has 1 aliphatic heterocycles. The van der Waals surface area contributed by atoms with Gasteiger partial charge in [0.1, 0.15) is 0 Å². The number of hydrogen-bond donors (Lipinski definition) is 0. The van der Waals surface area contributed by atoms with Gasteiger partial charge in [-0.1, -0.05) is 0 Å². The smallest absolute Gasteiger partial charge is 0.225 e. The van der Waals surface area contributed by atoms with Gasteiger partial charge in [-0.25, -0.2) is 0 Å². The van der Waals surface area contributed by atoms with Gasteiger partial charge in [0.05, 0.1) is 24.7 Å². The van der Waals surface area contributed by atoms with E-state index in [1.165, 1.54) is 6.42 Å². The Balaban J connectivity index is 1.73. The van der Waals surface area contributed by atoms with Crippen LogP contribution in [-0.2, 0) is 14.3 Å². The van der Waals surface area contributed by atoms with E-state index in [0.29, 0.717) is 18.9 Å². The van der Waals surface area contributed by atoms with E-state index in [0.717, 1.165) is 38.8 Å². The van der Waals surface area contributed by atoms with Crippen molar-refractivity contribution in [3.05, 3.63) is 0 Å². The molecule has 0 bridgehead atoms. The molecule has 0 aromatic carbocycles. The SMILES string of the molecule is COC1(CC(=O)N2CCC(OCCCl)CC2)CCC1. The molecule has 2 fully saturated rings. The summed E-state index contributed by atoms with van der Waals surface area (Å²) in [6.45, 7) is 2.20. The van der Waals surface area contributed by atoms with E-state index in [4.69, 9.17) is 21.1 Å². The highest BCUT2D eigenvalue weighted by atomic mass is 35.5. The number of alkyl halides is 1. The number of likely N-dealkylation sites (tertiary alicyclic amines) is 1. The molecule has 0 N–H and O–H groups in total. The second kappa shape index (κ2) is 6.91. The number of amides is 1. The van der Waals surface area contributed by atoms with E-state index in [1.807, 2.05) is 4.90 Å². The average molecular weight is 290 g/mol. The molecule has 2 rings (SSSR count). The second-order valence-corrected chi connectivity index (χ2v) is 5.94. The summed E-state index contributed by atoms with van der Waals surface area (Å²) in [5.41, 5.74) is -0.164. The molecule has 1 saturated heterocycles. The molecule has 110 valence electrons. The maximum Gasteiger partial charge on any atom is 0.225 e. The van der Waals surface area contributed by atoms with Crippen LogP contribution in [0.1, 0.15) is 38.5 Å². The minimum absolute atomic E-state index is 0.164. The molecule has 1 saturated carbocycles. The maximum absolute atomic E-state index is 12.3. The second-order valence-electron chi connectivity index (χ2n) is 5.56. The van der Waals surface area contributed by atoms with Crippen LogP contribution in [0.2, 0.25) is 0 Å². The highest BCUT2D eigenvalue weighted by Gasteiger charge is 2.40. The Bertz CT molecular complexity index is 294. The molecular formula is C14H24ClNO3. The summed E-state index contributed by atoms with van der Waals surface area (Å²) in [7, 11) is 1.72. The Kier molecular flexibility index (Phi) is 5.48. The predicted octanol–water partition coefficient (Wildman–Crippen LogP) is 2.19. The van der Waals surface area contributed by atoms with Gasteiger partial charge in [0.2, 0.25) is 5.91 Å². The minimum Gasteiger partial charge on any atom is -0.378 e. The van der Waals surface area contributed by atoms with Crippen LogP contribution in [0.4, 0.5) is 0 Å². The van der Waals surface area contributed by atoms with Crippen LogP contribution < -0.4 is 0 Å². The zero-order chi connectivity index (χ0) is 13.7. The number of nitrogens with zero attached hydrogens (tertiary/aromatic N) is 1. The third-order valence-electron chi connectivity index (χ3n) is 4.40. The molecule has 1 amide bonds. The molecule has 19 heavy (non-hydrogen) atoms. The largest absolute Gasteiger partial charge is 0.378 e. The van der Waals surface area contributed by atoms with Crippen LogP contribution in [0.3, 0.4) is 0 Å². The zero-order valence-electron chi connectivity index (χ0n) is 11.7. The van der Waals surface area contributed by atoms with Crippen molar-refractivity contribution in [3.8, 4) is 0 Å². The number of hydrogen-bond acceptors (Lipinski definition) is 3. The molecule has 4 nitrogen and oxygen atoms in total. The van der Waals surface area contributed by atoms with Crippen LogP contribution in [-0.4, -0.2) is 55.2 Å². The molecular weight excluding hydrogens is 266 g/mol. The Morgan fingerprint density at radius 2 is 2.05 bits per heavy atom. The first-order chi connectivity index (χ1) is 9.19. The van der Waals surface area contributed by atoms with Gasteiger partial charge in [0, 0.05) is 26.1 Å². The lowest BCUT2D eigenvalue weighted by atomic mass is 9.77. The van der Waals surface area contributed by atoms with Crippen molar-refractivity contribution in [2.75, 3.05) is 32.7 Å². The summed E-state index contributed by atoms with van der Waals surface area (Å²) in [6, 6.07) is 0. The molecule has 1 aliphatic carbocycles. The number of carbonyl (C=O) groups is 1. The monoisotopic (exact) mass is 289 g/mol. The highest BCUT2D eigenvalue weighted by molar-refractivity contribution is 6.17. The van der Waals surface area contributed by atoms with Gasteiger partial charge >= 0.3 is 0 Å². The quantitative estimate of drug-likeness (QED) is 0.704. The van der Waals surface area contributed by atoms with Gasteiger partial charge < -0.3 is 14.4 Å². The zero-order valence-corrected chi connectivity index (χ0v) is 12.5. The lowest BCUT2D eigenvalue weighted by Crippen LogP contribution is -2.47. The van der Waals surface area contributed by atoms with Crippen molar-refractivity contribution in [3.63, 3.8) is 0 Å². The molecule has 0 spiro atoms. The van der Waals surface area contributed by atoms with E-state index in [-0.39, 0.29) is 17.6 Å². The molecule has 0 radical (unpaired) electrons. The molecule has 2 aliphatic rings. The summed E-state index contributed by atoms with van der Waals surface area (Å²) in [4.78, 5) is 14.2. The van der Waals surface area contributed by atoms with Crippen LogP contribution in [0.15, 0.2) is 0 Å². The number of methoxy groups -OCH3 is 1. The van der Waals surface area contributed by atoms with Crippen LogP contribution in [0, 0.1) is 0 Å². The topological polar surface area (TPSA) is 38.8 Å². The van der Waals surface area contributed by atoms with E-state index in [9.17, 15) is 4.79 Å². The van der Waals surface area contributed by atoms with Crippen molar-refractivity contribution in [2.45, 2.75) is 50.2 Å². The summed E-state index contributed by atoms with van der Waals surface area (Å²) in [5.74, 6) is 0.771. The van der Waals surface area contributed by atoms with Crippen LogP contribution >= 0.6 is 11.6 Å². The predicted molar refractivity (Wildman–Crippen MR) is 74.5 cm³/mol. The summed E-state index contributed by atoms with van der Waals surface area (Å²) < 4.78 is 11.1. The fourth-order valence-corrected chi connectivity index (χ4v) is 2.98. The van der Waals surface area contributed by atoms with Crippen molar-refractivity contribution in [1.29, 1.82) is 0 Å². The Labute approximate surface area is 120 Å². The van der Waals surface area contributed by atoms with Crippen LogP contribution in [0.5, 0.6) is 0 Å². The van der Waals surface area contributed by atoms with Crippen molar-refractivity contribution in [1.82, 2.24) is 4.90 Å². The van der Waals surface area contributed by atoms with E-state index in [1.54, 1.807) is 7.11 Å². The molecule has 0 aromatic rings. The van der Waals surface area contributed by atoms with Gasteiger partial charge in [-0.15, -0.1) is 11.6 Å². The summed E-state index contributed by atoms with van der Waals surface area (Å²) in [6.07, 6.45) is 5.86. The van der Waals surface area contributed by atoms with Crippen LogP contribution in [0.25, 0.3) is 0 Å². The Morgan fingerprint density at radius 1 is 1.37 bits per heavy atom. The summed E-state index contributed by atoms with van der Waals surface area (Å²) >= 11 is 5.61. The first-order valence-electron chi connectivity index (χ1n) is 7.19. The van der Waals surface area contributed by atoms with Gasteiger partial charge in [0.25, 0.3) is 0 Å². The molecule has 0 atom stereocenters. The van der Waals surface area contributed by atoms with Gasteiger partial charge in [-0.3, -0.25) is 4.79 Å². The molecule has 0 aromatic heterocycles. The number of carbonyl (C=O) groups excluding carboxylic acids is 1. The standard InChI is InChI=1S/C14H24ClNO3/c1-18-14(5-2-6-14)11-13(17)16-8-3-12(4-9-16)19-10-7-15/h12H,2-11H2,1H3. The van der Waals surface area contributed by atoms with Crippen molar-refractivity contribution >= 4 is 17.5 Å². The van der Waals surface area contributed by atoms with E-state index in [2.05, 4.69) is 0 Å². The average Bonchev–Trinajstić information content (AvgIpc) is 2.41. The fourth-order valence-electron chi connectivity index (χ4n) is 2.89. The third-order valence-corrected chi connectivity index (χ3v) is 4.55. The fraction of sp³-hybridized carbons (Fsp3) is 0.929. The first kappa shape index (κ1) is 15.1. The first-order valence-corrected chi connectivity index (χ1v) is 7.73. The van der Waals surface area contributed by atoms with Gasteiger partial charge in [-0.2, -0.15) is 0 Å². The van der Waals surface area contributed by atoms with E-state index >= 15 is 0 Å². The maximum atomic E-state index is 12.3. The minimum atomic E-state index is -0.164. The highest BCUT2D eigenvalue weighted by Crippen LogP contribution is 2.38. The van der Waals surface area contributed by atoms with Crippen molar-refractivity contribution < 1.29 is 14.3 Å². The number of ether oxygens (including phenoxy) is 2. The van der Waals surface area contributed by atoms with Crippen molar-refractivity contribution in [2.24, 2.45) is 0 Å². The number of piperidine rings is 1. The lowest BCUT2D eigenvalue weighted by molar-refractivity contribution is -0.146. The van der Waals surface area contributed by atoms with Gasteiger partial charge in [0.15, 0.2) is 0 Å². The number of rotatable bonds is 6.